The first-order valence-corrected chi connectivity index (χ1v) is 5.26. The monoisotopic (exact) mass is 212 g/mol. The predicted molar refractivity (Wildman–Crippen MR) is 44.0 cm³/mol. The summed E-state index contributed by atoms with van der Waals surface area (Å²) in [5, 5.41) is 24.0. The molecule has 0 aliphatic carbocycles. The van der Waals surface area contributed by atoms with Gasteiger partial charge in [-0.3, -0.25) is 4.79 Å². The number of carboxylic acid groups (broad SMARTS) is 1. The molecule has 0 fully saturated rings. The summed E-state index contributed by atoms with van der Waals surface area (Å²) in [4.78, 5) is 10.3. The highest BCUT2D eigenvalue weighted by Crippen LogP contribution is 2.04. The summed E-state index contributed by atoms with van der Waals surface area (Å²) in [5.74, 6) is -2.21. The fourth-order valence-corrected chi connectivity index (χ4v) is 1.86. The smallest absolute Gasteiger partial charge is 0.321 e. The molecule has 0 aromatic carbocycles. The molecule has 2 unspecified atom stereocenters. The number of hydrogen-bond donors (Lipinski definition) is 3. The lowest BCUT2D eigenvalue weighted by atomic mass is 10.4. The van der Waals surface area contributed by atoms with Crippen LogP contribution in [0, 0.1) is 0 Å². The molecule has 0 saturated heterocycles. The third-order valence-electron chi connectivity index (χ3n) is 1.52. The van der Waals surface area contributed by atoms with Crippen LogP contribution in [0.25, 0.3) is 0 Å². The maximum atomic E-state index is 11.1. The molecule has 0 aromatic heterocycles. The number of aliphatic hydroxyl groups is 2. The van der Waals surface area contributed by atoms with E-state index in [1.165, 1.54) is 0 Å². The summed E-state index contributed by atoms with van der Waals surface area (Å²) in [6.07, 6.45) is -1.42. The number of hydrogen-bond acceptors (Lipinski definition) is 5. The van der Waals surface area contributed by atoms with Gasteiger partial charge in [0.2, 0.25) is 0 Å². The average Bonchev–Trinajstić information content (AvgIpc) is 2.01. The molecule has 0 aromatic rings. The lowest BCUT2D eigenvalue weighted by Gasteiger charge is -2.10. The summed E-state index contributed by atoms with van der Waals surface area (Å²) in [7, 11) is -3.88. The standard InChI is InChI=1S/C6H12O6S/c1-4(6(9)10)13(11,12)3-5(8)2-7/h4-5,7-8H,2-3H2,1H3,(H,9,10). The lowest BCUT2D eigenvalue weighted by Crippen LogP contribution is -2.34. The first kappa shape index (κ1) is 12.3. The van der Waals surface area contributed by atoms with Crippen molar-refractivity contribution in [2.24, 2.45) is 0 Å². The van der Waals surface area contributed by atoms with Crippen LogP contribution in [0.4, 0.5) is 0 Å². The Hall–Kier alpha value is -0.660. The second kappa shape index (κ2) is 4.54. The molecule has 0 aliphatic rings. The second-order valence-electron chi connectivity index (χ2n) is 2.65. The molecule has 0 amide bonds. The van der Waals surface area contributed by atoms with Gasteiger partial charge in [-0.1, -0.05) is 0 Å². The highest BCUT2D eigenvalue weighted by Gasteiger charge is 2.29. The van der Waals surface area contributed by atoms with Gasteiger partial charge in [-0.25, -0.2) is 8.42 Å². The third-order valence-corrected chi connectivity index (χ3v) is 3.65. The Balaban J connectivity index is 4.50. The minimum absolute atomic E-state index is 0.703. The Morgan fingerprint density at radius 3 is 2.23 bits per heavy atom. The molecule has 0 rings (SSSR count). The van der Waals surface area contributed by atoms with E-state index in [4.69, 9.17) is 15.3 Å². The molecule has 3 N–H and O–H groups in total. The maximum Gasteiger partial charge on any atom is 0.321 e. The van der Waals surface area contributed by atoms with Crippen molar-refractivity contribution in [2.45, 2.75) is 18.3 Å². The molecule has 0 radical (unpaired) electrons. The molecule has 0 saturated carbocycles. The number of carbonyl (C=O) groups is 1. The molecule has 13 heavy (non-hydrogen) atoms. The molecule has 0 heterocycles. The van der Waals surface area contributed by atoms with Gasteiger partial charge in [0.1, 0.15) is 0 Å². The van der Waals surface area contributed by atoms with Gasteiger partial charge in [-0.15, -0.1) is 0 Å². The second-order valence-corrected chi connectivity index (χ2v) is 5.01. The van der Waals surface area contributed by atoms with Crippen molar-refractivity contribution in [3.63, 3.8) is 0 Å². The van der Waals surface area contributed by atoms with Crippen LogP contribution in [0.3, 0.4) is 0 Å². The van der Waals surface area contributed by atoms with Crippen molar-refractivity contribution in [1.82, 2.24) is 0 Å². The van der Waals surface area contributed by atoms with E-state index >= 15 is 0 Å². The van der Waals surface area contributed by atoms with E-state index < -0.39 is 39.5 Å². The first-order chi connectivity index (χ1) is 5.81. The summed E-state index contributed by atoms with van der Waals surface area (Å²) >= 11 is 0. The fraction of sp³-hybridized carbons (Fsp3) is 0.833. The van der Waals surface area contributed by atoms with Crippen LogP contribution in [0.15, 0.2) is 0 Å². The van der Waals surface area contributed by atoms with E-state index in [1.54, 1.807) is 0 Å². The molecule has 78 valence electrons. The topological polar surface area (TPSA) is 112 Å². The Bertz CT molecular complexity index is 269. The zero-order chi connectivity index (χ0) is 10.6. The lowest BCUT2D eigenvalue weighted by molar-refractivity contribution is -0.136. The summed E-state index contributed by atoms with van der Waals surface area (Å²) in [5.41, 5.74) is 0. The van der Waals surface area contributed by atoms with E-state index in [0.717, 1.165) is 6.92 Å². The van der Waals surface area contributed by atoms with Crippen molar-refractivity contribution in [1.29, 1.82) is 0 Å². The molecule has 0 bridgehead atoms. The SMILES string of the molecule is CC(C(=O)O)S(=O)(=O)CC(O)CO. The zero-order valence-corrected chi connectivity index (χ0v) is 7.86. The van der Waals surface area contributed by atoms with Crippen LogP contribution >= 0.6 is 0 Å². The fourth-order valence-electron chi connectivity index (χ4n) is 0.619. The van der Waals surface area contributed by atoms with Crippen LogP contribution in [-0.4, -0.2) is 53.4 Å². The Morgan fingerprint density at radius 2 is 1.92 bits per heavy atom. The van der Waals surface area contributed by atoms with Gasteiger partial charge in [0, 0.05) is 0 Å². The van der Waals surface area contributed by atoms with Crippen LogP contribution < -0.4 is 0 Å². The van der Waals surface area contributed by atoms with Gasteiger partial charge in [-0.2, -0.15) is 0 Å². The number of rotatable bonds is 5. The molecule has 7 heteroatoms. The van der Waals surface area contributed by atoms with Crippen LogP contribution in [0.2, 0.25) is 0 Å². The molecular weight excluding hydrogens is 200 g/mol. The largest absolute Gasteiger partial charge is 0.480 e. The van der Waals surface area contributed by atoms with E-state index in [9.17, 15) is 13.2 Å². The molecule has 0 spiro atoms. The minimum Gasteiger partial charge on any atom is -0.480 e. The summed E-state index contributed by atoms with van der Waals surface area (Å²) in [6, 6.07) is 0. The number of carboxylic acids is 1. The normalized spacial score (nSPS) is 16.5. The molecule has 2 atom stereocenters. The highest BCUT2D eigenvalue weighted by atomic mass is 32.2. The van der Waals surface area contributed by atoms with Gasteiger partial charge in [0.05, 0.1) is 18.5 Å². The Kier molecular flexibility index (Phi) is 4.31. The predicted octanol–water partition coefficient (Wildman–Crippen LogP) is -1.77. The zero-order valence-electron chi connectivity index (χ0n) is 7.04. The number of aliphatic carboxylic acids is 1. The number of aliphatic hydroxyl groups excluding tert-OH is 2. The van der Waals surface area contributed by atoms with E-state index in [0.29, 0.717) is 0 Å². The maximum absolute atomic E-state index is 11.1. The van der Waals surface area contributed by atoms with E-state index in [-0.39, 0.29) is 0 Å². The van der Waals surface area contributed by atoms with Crippen molar-refractivity contribution < 1.29 is 28.5 Å². The summed E-state index contributed by atoms with van der Waals surface area (Å²) < 4.78 is 22.2. The Morgan fingerprint density at radius 1 is 1.46 bits per heavy atom. The highest BCUT2D eigenvalue weighted by molar-refractivity contribution is 7.92. The van der Waals surface area contributed by atoms with Gasteiger partial charge >= 0.3 is 5.97 Å². The van der Waals surface area contributed by atoms with Crippen molar-refractivity contribution in [3.8, 4) is 0 Å². The molecule has 6 nitrogen and oxygen atoms in total. The van der Waals surface area contributed by atoms with Gasteiger partial charge in [0.25, 0.3) is 0 Å². The van der Waals surface area contributed by atoms with E-state index in [1.807, 2.05) is 0 Å². The van der Waals surface area contributed by atoms with Crippen molar-refractivity contribution in [3.05, 3.63) is 0 Å². The van der Waals surface area contributed by atoms with Crippen LogP contribution in [0.1, 0.15) is 6.92 Å². The quantitative estimate of drug-likeness (QED) is 0.497. The van der Waals surface area contributed by atoms with Crippen LogP contribution in [0.5, 0.6) is 0 Å². The summed E-state index contributed by atoms with van der Waals surface area (Å²) in [6.45, 7) is 0.313. The van der Waals surface area contributed by atoms with E-state index in [2.05, 4.69) is 0 Å². The first-order valence-electron chi connectivity index (χ1n) is 3.54. The Labute approximate surface area is 75.7 Å². The minimum atomic E-state index is -3.88. The third kappa shape index (κ3) is 3.71. The van der Waals surface area contributed by atoms with Gasteiger partial charge < -0.3 is 15.3 Å². The average molecular weight is 212 g/mol. The van der Waals surface area contributed by atoms with Gasteiger partial charge in [-0.05, 0) is 6.92 Å². The van der Waals surface area contributed by atoms with Crippen LogP contribution in [-0.2, 0) is 14.6 Å². The molecule has 0 aliphatic heterocycles. The van der Waals surface area contributed by atoms with Crippen molar-refractivity contribution >= 4 is 15.8 Å². The van der Waals surface area contributed by atoms with Crippen molar-refractivity contribution in [2.75, 3.05) is 12.4 Å². The number of sulfone groups is 1. The molecular formula is C6H12O6S. The van der Waals surface area contributed by atoms with Gasteiger partial charge in [0.15, 0.2) is 15.1 Å².